The van der Waals surface area contributed by atoms with E-state index in [0.717, 1.165) is 11.3 Å². The molecule has 1 fully saturated rings. The second-order valence-electron chi connectivity index (χ2n) is 8.41. The molecular weight excluding hydrogens is 519 g/mol. The zero-order valence-electron chi connectivity index (χ0n) is 19.0. The van der Waals surface area contributed by atoms with Crippen LogP contribution in [0.1, 0.15) is 22.5 Å². The average Bonchev–Trinajstić information content (AvgIpc) is 3.22. The Labute approximate surface area is 221 Å². The number of nitrogens with one attached hydrogen (secondary N) is 1. The van der Waals surface area contributed by atoms with Crippen molar-refractivity contribution in [3.63, 3.8) is 0 Å². The number of carbonyl (C=O) groups is 2. The van der Waals surface area contributed by atoms with E-state index in [1.165, 1.54) is 11.3 Å². The zero-order valence-corrected chi connectivity index (χ0v) is 21.4. The third kappa shape index (κ3) is 5.11. The monoisotopic (exact) mass is 540 g/mol. The summed E-state index contributed by atoms with van der Waals surface area (Å²) in [4.78, 5) is 32.8. The Morgan fingerprint density at radius 3 is 2.50 bits per heavy atom. The molecule has 1 aliphatic heterocycles. The molecule has 4 aromatic rings. The topological polar surface area (TPSA) is 97.6 Å². The van der Waals surface area contributed by atoms with Crippen LogP contribution in [0.4, 0.5) is 16.2 Å². The van der Waals surface area contributed by atoms with E-state index in [4.69, 9.17) is 33.7 Å². The van der Waals surface area contributed by atoms with Crippen LogP contribution >= 0.6 is 34.5 Å². The van der Waals surface area contributed by atoms with Crippen LogP contribution in [0.3, 0.4) is 0 Å². The third-order valence-electron chi connectivity index (χ3n) is 6.02. The van der Waals surface area contributed by atoms with Gasteiger partial charge in [-0.05, 0) is 36.4 Å². The van der Waals surface area contributed by atoms with Crippen LogP contribution < -0.4 is 11.1 Å². The first kappa shape index (κ1) is 24.4. The van der Waals surface area contributed by atoms with Crippen molar-refractivity contribution in [1.82, 2.24) is 9.88 Å². The van der Waals surface area contributed by atoms with E-state index in [0.29, 0.717) is 62.5 Å². The molecule has 2 aromatic carbocycles. The molecule has 0 unspecified atom stereocenters. The molecular formula is C26H22Cl2N4O3S. The second-order valence-corrected chi connectivity index (χ2v) is 10.2. The summed E-state index contributed by atoms with van der Waals surface area (Å²) >= 11 is 13.4. The number of nitrogens with two attached hydrogens (primary N) is 1. The number of aromatic nitrogens is 1. The number of carbonyl (C=O) groups excluding carboxylic acids is 2. The van der Waals surface area contributed by atoms with Crippen molar-refractivity contribution in [2.45, 2.75) is 18.9 Å². The quantitative estimate of drug-likeness (QED) is 0.280. The predicted molar refractivity (Wildman–Crippen MR) is 145 cm³/mol. The molecule has 0 atom stereocenters. The van der Waals surface area contributed by atoms with Gasteiger partial charge in [-0.2, -0.15) is 0 Å². The molecule has 0 radical (unpaired) electrons. The normalized spacial score (nSPS) is 14.1. The molecule has 184 valence electrons. The van der Waals surface area contributed by atoms with Gasteiger partial charge >= 0.3 is 12.0 Å². The van der Waals surface area contributed by atoms with Gasteiger partial charge in [-0.25, -0.2) is 14.6 Å². The number of para-hydroxylation sites is 1. The molecule has 2 aromatic heterocycles. The van der Waals surface area contributed by atoms with Crippen LogP contribution in [0.5, 0.6) is 0 Å². The van der Waals surface area contributed by atoms with Gasteiger partial charge in [0.2, 0.25) is 0 Å². The number of pyridine rings is 1. The number of hydrogen-bond donors (Lipinski definition) is 2. The van der Waals surface area contributed by atoms with Gasteiger partial charge in [0.05, 0.1) is 21.4 Å². The third-order valence-corrected chi connectivity index (χ3v) is 7.86. The number of fused-ring (bicyclic) bond motifs is 1. The van der Waals surface area contributed by atoms with Crippen LogP contribution in [0.2, 0.25) is 10.0 Å². The molecule has 5 rings (SSSR count). The molecule has 0 bridgehead atoms. The van der Waals surface area contributed by atoms with E-state index in [-0.39, 0.29) is 12.1 Å². The van der Waals surface area contributed by atoms with Crippen LogP contribution in [0, 0.1) is 0 Å². The maximum Gasteiger partial charge on any atom is 0.350 e. The number of nitrogens with zero attached hydrogens (tertiary/aromatic N) is 2. The number of halogens is 2. The molecule has 3 heterocycles. The summed E-state index contributed by atoms with van der Waals surface area (Å²) in [5.41, 5.74) is 8.89. The standard InChI is InChI=1S/C26H22Cl2N4O3S/c27-19-8-6-15(14-20(19)28)21-9-7-18-22(29)23(36-24(18)31-21)25(33)35-17-10-12-32(13-11-17)26(34)30-16-4-2-1-3-5-16/h1-9,14,17H,10-13,29H2,(H,30,34). The van der Waals surface area contributed by atoms with Gasteiger partial charge in [0, 0.05) is 42.6 Å². The summed E-state index contributed by atoms with van der Waals surface area (Å²) in [6, 6.07) is 18.1. The number of ether oxygens (including phenoxy) is 1. The van der Waals surface area contributed by atoms with Crippen LogP contribution in [0.15, 0.2) is 60.7 Å². The Kier molecular flexibility index (Phi) is 7.00. The predicted octanol–water partition coefficient (Wildman–Crippen LogP) is 6.71. The maximum atomic E-state index is 13.0. The maximum absolute atomic E-state index is 13.0. The summed E-state index contributed by atoms with van der Waals surface area (Å²) in [5.74, 6) is -0.473. The van der Waals surface area contributed by atoms with E-state index < -0.39 is 5.97 Å². The lowest BCUT2D eigenvalue weighted by Gasteiger charge is -2.31. The molecule has 7 nitrogen and oxygen atoms in total. The van der Waals surface area contributed by atoms with Gasteiger partial charge in [0.15, 0.2) is 0 Å². The minimum atomic E-state index is -0.473. The minimum Gasteiger partial charge on any atom is -0.458 e. The van der Waals surface area contributed by atoms with E-state index in [2.05, 4.69) is 10.3 Å². The first-order chi connectivity index (χ1) is 17.4. The molecule has 36 heavy (non-hydrogen) atoms. The lowest BCUT2D eigenvalue weighted by Crippen LogP contribution is -2.43. The fraction of sp³-hybridized carbons (Fsp3) is 0.192. The summed E-state index contributed by atoms with van der Waals surface area (Å²) in [6.07, 6.45) is 0.819. The highest BCUT2D eigenvalue weighted by Gasteiger charge is 2.27. The van der Waals surface area contributed by atoms with Crippen LogP contribution in [0.25, 0.3) is 21.5 Å². The van der Waals surface area contributed by atoms with Crippen molar-refractivity contribution in [3.8, 4) is 11.3 Å². The smallest absolute Gasteiger partial charge is 0.350 e. The van der Waals surface area contributed by atoms with Gasteiger partial charge in [-0.15, -0.1) is 11.3 Å². The number of anilines is 2. The lowest BCUT2D eigenvalue weighted by atomic mass is 10.1. The number of hydrogen-bond acceptors (Lipinski definition) is 6. The largest absolute Gasteiger partial charge is 0.458 e. The van der Waals surface area contributed by atoms with Crippen molar-refractivity contribution in [3.05, 3.63) is 75.6 Å². The van der Waals surface area contributed by atoms with Gasteiger partial charge in [0.25, 0.3) is 0 Å². The fourth-order valence-corrected chi connectivity index (χ4v) is 5.35. The lowest BCUT2D eigenvalue weighted by molar-refractivity contribution is 0.0164. The molecule has 3 N–H and O–H groups in total. The highest BCUT2D eigenvalue weighted by atomic mass is 35.5. The Balaban J connectivity index is 1.23. The molecule has 1 aliphatic rings. The second kappa shape index (κ2) is 10.3. The van der Waals surface area contributed by atoms with Crippen molar-refractivity contribution in [1.29, 1.82) is 0 Å². The van der Waals surface area contributed by atoms with Crippen LogP contribution in [-0.4, -0.2) is 41.1 Å². The molecule has 2 amide bonds. The SMILES string of the molecule is Nc1c(C(=O)OC2CCN(C(=O)Nc3ccccc3)CC2)sc2nc(-c3ccc(Cl)c(Cl)c3)ccc12. The summed E-state index contributed by atoms with van der Waals surface area (Å²) in [5, 5.41) is 4.49. The van der Waals surface area contributed by atoms with E-state index in [1.54, 1.807) is 17.0 Å². The number of benzene rings is 2. The Morgan fingerprint density at radius 2 is 1.78 bits per heavy atom. The van der Waals surface area contributed by atoms with Crippen LogP contribution in [-0.2, 0) is 4.74 Å². The number of piperidine rings is 1. The first-order valence-electron chi connectivity index (χ1n) is 11.4. The molecule has 0 spiro atoms. The van der Waals surface area contributed by atoms with Gasteiger partial charge in [-0.1, -0.05) is 47.5 Å². The number of rotatable bonds is 4. The molecule has 0 saturated carbocycles. The van der Waals surface area contributed by atoms with Crippen molar-refractivity contribution >= 4 is 68.1 Å². The van der Waals surface area contributed by atoms with Crippen molar-refractivity contribution in [2.24, 2.45) is 0 Å². The number of amides is 2. The Bertz CT molecular complexity index is 1440. The highest BCUT2D eigenvalue weighted by Crippen LogP contribution is 2.36. The van der Waals surface area contributed by atoms with E-state index >= 15 is 0 Å². The summed E-state index contributed by atoms with van der Waals surface area (Å²) < 4.78 is 5.75. The average molecular weight is 541 g/mol. The number of urea groups is 1. The summed E-state index contributed by atoms with van der Waals surface area (Å²) in [6.45, 7) is 0.986. The summed E-state index contributed by atoms with van der Waals surface area (Å²) in [7, 11) is 0. The number of esters is 1. The molecule has 1 saturated heterocycles. The van der Waals surface area contributed by atoms with E-state index in [9.17, 15) is 9.59 Å². The fourth-order valence-electron chi connectivity index (χ4n) is 4.07. The van der Waals surface area contributed by atoms with Gasteiger partial charge in [0.1, 0.15) is 15.8 Å². The van der Waals surface area contributed by atoms with Crippen molar-refractivity contribution < 1.29 is 14.3 Å². The number of likely N-dealkylation sites (tertiary alicyclic amines) is 1. The zero-order chi connectivity index (χ0) is 25.2. The highest BCUT2D eigenvalue weighted by molar-refractivity contribution is 7.21. The minimum absolute atomic E-state index is 0.163. The van der Waals surface area contributed by atoms with Crippen molar-refractivity contribution in [2.75, 3.05) is 24.1 Å². The number of nitrogen functional groups attached to an aromatic ring is 1. The van der Waals surface area contributed by atoms with E-state index in [1.807, 2.05) is 48.5 Å². The number of thiophene rings is 1. The molecule has 0 aliphatic carbocycles. The Morgan fingerprint density at radius 1 is 1.03 bits per heavy atom. The first-order valence-corrected chi connectivity index (χ1v) is 12.9. The van der Waals surface area contributed by atoms with Gasteiger partial charge in [-0.3, -0.25) is 0 Å². The van der Waals surface area contributed by atoms with Gasteiger partial charge < -0.3 is 20.7 Å². The Hall–Kier alpha value is -3.33. The molecule has 10 heteroatoms.